The third kappa shape index (κ3) is 2.90. The van der Waals surface area contributed by atoms with Gasteiger partial charge in [0.05, 0.1) is 13.2 Å². The lowest BCUT2D eigenvalue weighted by Gasteiger charge is -2.36. The molecule has 0 N–H and O–H groups in total. The van der Waals surface area contributed by atoms with Crippen LogP contribution in [0.3, 0.4) is 0 Å². The van der Waals surface area contributed by atoms with E-state index in [1.165, 1.54) is 18.4 Å². The molecule has 2 atom stereocenters. The maximum absolute atomic E-state index is 11.6. The predicted molar refractivity (Wildman–Crippen MR) is 75.0 cm³/mol. The molecule has 106 valence electrons. The molecule has 0 bridgehead atoms. The molecule has 0 aliphatic carbocycles. The number of hydrogen-bond acceptors (Lipinski definition) is 6. The number of methoxy groups -OCH3 is 2. The van der Waals surface area contributed by atoms with Gasteiger partial charge in [-0.05, 0) is 19.3 Å². The first kappa shape index (κ1) is 14.3. The lowest BCUT2D eigenvalue weighted by atomic mass is 9.96. The molecule has 0 amide bonds. The molecule has 0 radical (unpaired) electrons. The number of piperidine rings is 1. The van der Waals surface area contributed by atoms with E-state index in [0.29, 0.717) is 11.6 Å². The van der Waals surface area contributed by atoms with E-state index < -0.39 is 0 Å². The van der Waals surface area contributed by atoms with Crippen LogP contribution in [0.25, 0.3) is 0 Å². The van der Waals surface area contributed by atoms with Crippen molar-refractivity contribution in [2.45, 2.75) is 26.4 Å². The second-order valence-electron chi connectivity index (χ2n) is 4.88. The van der Waals surface area contributed by atoms with Gasteiger partial charge in [0.2, 0.25) is 0 Å². The highest BCUT2D eigenvalue weighted by molar-refractivity contribution is 7.15. The molecular weight excluding hydrogens is 264 g/mol. The molecule has 0 spiro atoms. The number of carbonyl (C=O) groups is 1. The van der Waals surface area contributed by atoms with Gasteiger partial charge >= 0.3 is 5.97 Å². The number of thiazole rings is 1. The topological polar surface area (TPSA) is 51.7 Å². The highest BCUT2D eigenvalue weighted by atomic mass is 32.1. The Kier molecular flexibility index (Phi) is 4.42. The van der Waals surface area contributed by atoms with Gasteiger partial charge < -0.3 is 14.4 Å². The van der Waals surface area contributed by atoms with Crippen LogP contribution in [0.2, 0.25) is 0 Å². The monoisotopic (exact) mass is 284 g/mol. The normalized spacial score (nSPS) is 23.5. The smallest absolute Gasteiger partial charge is 0.357 e. The molecule has 2 unspecified atom stereocenters. The van der Waals surface area contributed by atoms with Crippen molar-refractivity contribution in [3.63, 3.8) is 0 Å². The molecule has 1 saturated heterocycles. The molecule has 1 aromatic heterocycles. The first-order chi connectivity index (χ1) is 9.06. The summed E-state index contributed by atoms with van der Waals surface area (Å²) >= 11 is 1.54. The molecule has 1 fully saturated rings. The van der Waals surface area contributed by atoms with Gasteiger partial charge in [0.1, 0.15) is 0 Å². The van der Waals surface area contributed by atoms with Crippen LogP contribution in [0.15, 0.2) is 0 Å². The standard InChI is InChI=1S/C13H20N2O3S/c1-8-5-6-15(7-10(8)17-3)13-14-11(9(2)19-13)12(16)18-4/h8,10H,5-7H2,1-4H3. The minimum atomic E-state index is -0.367. The Hall–Kier alpha value is -1.14. The largest absolute Gasteiger partial charge is 0.464 e. The lowest BCUT2D eigenvalue weighted by molar-refractivity contribution is 0.0498. The number of nitrogens with zero attached hydrogens (tertiary/aromatic N) is 2. The average molecular weight is 284 g/mol. The van der Waals surface area contributed by atoms with Crippen LogP contribution >= 0.6 is 11.3 Å². The third-order valence-electron chi connectivity index (χ3n) is 3.63. The number of anilines is 1. The third-order valence-corrected chi connectivity index (χ3v) is 4.66. The van der Waals surface area contributed by atoms with Gasteiger partial charge in [0, 0.05) is 25.1 Å². The molecule has 6 heteroatoms. The summed E-state index contributed by atoms with van der Waals surface area (Å²) in [5, 5.41) is 0.881. The van der Waals surface area contributed by atoms with E-state index in [-0.39, 0.29) is 12.1 Å². The summed E-state index contributed by atoms with van der Waals surface area (Å²) in [5.74, 6) is 0.191. The van der Waals surface area contributed by atoms with Crippen molar-refractivity contribution in [1.29, 1.82) is 0 Å². The summed E-state index contributed by atoms with van der Waals surface area (Å²) in [6, 6.07) is 0. The zero-order valence-corrected chi connectivity index (χ0v) is 12.6. The number of esters is 1. The van der Waals surface area contributed by atoms with Gasteiger partial charge in [-0.25, -0.2) is 9.78 Å². The quantitative estimate of drug-likeness (QED) is 0.796. The highest BCUT2D eigenvalue weighted by Gasteiger charge is 2.28. The fraction of sp³-hybridized carbons (Fsp3) is 0.692. The molecule has 2 heterocycles. The van der Waals surface area contributed by atoms with Crippen LogP contribution in [0.1, 0.15) is 28.7 Å². The zero-order chi connectivity index (χ0) is 14.0. The summed E-state index contributed by atoms with van der Waals surface area (Å²) < 4.78 is 10.2. The molecule has 1 aliphatic heterocycles. The molecule has 0 aromatic carbocycles. The maximum atomic E-state index is 11.6. The van der Waals surface area contributed by atoms with Gasteiger partial charge in [-0.2, -0.15) is 0 Å². The Morgan fingerprint density at radius 1 is 1.47 bits per heavy atom. The number of aromatic nitrogens is 1. The van der Waals surface area contributed by atoms with Crippen LogP contribution in [0.5, 0.6) is 0 Å². The fourth-order valence-corrected chi connectivity index (χ4v) is 3.25. The minimum Gasteiger partial charge on any atom is -0.464 e. The molecule has 0 saturated carbocycles. The molecule has 1 aromatic rings. The number of aryl methyl sites for hydroxylation is 1. The Labute approximate surface area is 117 Å². The van der Waals surface area contributed by atoms with Crippen LogP contribution in [-0.2, 0) is 9.47 Å². The minimum absolute atomic E-state index is 0.222. The maximum Gasteiger partial charge on any atom is 0.357 e. The number of ether oxygens (including phenoxy) is 2. The Bertz CT molecular complexity index is 461. The Balaban J connectivity index is 2.16. The van der Waals surface area contributed by atoms with E-state index in [1.807, 2.05) is 6.92 Å². The van der Waals surface area contributed by atoms with Crippen molar-refractivity contribution < 1.29 is 14.3 Å². The van der Waals surface area contributed by atoms with E-state index in [4.69, 9.17) is 9.47 Å². The van der Waals surface area contributed by atoms with Crippen molar-refractivity contribution in [3.05, 3.63) is 10.6 Å². The summed E-state index contributed by atoms with van der Waals surface area (Å²) in [6.07, 6.45) is 1.30. The second kappa shape index (κ2) is 5.88. The number of hydrogen-bond donors (Lipinski definition) is 0. The number of rotatable bonds is 3. The van der Waals surface area contributed by atoms with Crippen molar-refractivity contribution in [2.24, 2.45) is 5.92 Å². The fourth-order valence-electron chi connectivity index (χ4n) is 2.32. The predicted octanol–water partition coefficient (Wildman–Crippen LogP) is 2.10. The van der Waals surface area contributed by atoms with Crippen LogP contribution in [-0.4, -0.2) is 44.4 Å². The SMILES string of the molecule is COC(=O)c1nc(N2CCC(C)C(OC)C2)sc1C. The van der Waals surface area contributed by atoms with Crippen molar-refractivity contribution >= 4 is 22.4 Å². The molecule has 5 nitrogen and oxygen atoms in total. The van der Waals surface area contributed by atoms with Gasteiger partial charge in [-0.3, -0.25) is 0 Å². The zero-order valence-electron chi connectivity index (χ0n) is 11.8. The van der Waals surface area contributed by atoms with Gasteiger partial charge in [0.15, 0.2) is 10.8 Å². The van der Waals surface area contributed by atoms with Crippen LogP contribution in [0.4, 0.5) is 5.13 Å². The summed E-state index contributed by atoms with van der Waals surface area (Å²) in [6.45, 7) is 5.88. The Morgan fingerprint density at radius 2 is 2.21 bits per heavy atom. The van der Waals surface area contributed by atoms with Crippen molar-refractivity contribution in [1.82, 2.24) is 4.98 Å². The van der Waals surface area contributed by atoms with Gasteiger partial charge in [-0.1, -0.05) is 6.92 Å². The Morgan fingerprint density at radius 3 is 2.84 bits per heavy atom. The first-order valence-corrected chi connectivity index (χ1v) is 7.22. The van der Waals surface area contributed by atoms with Crippen LogP contribution < -0.4 is 4.90 Å². The summed E-state index contributed by atoms with van der Waals surface area (Å²) in [7, 11) is 3.13. The summed E-state index contributed by atoms with van der Waals surface area (Å²) in [4.78, 5) is 19.1. The average Bonchev–Trinajstić information content (AvgIpc) is 2.80. The molecule has 19 heavy (non-hydrogen) atoms. The van der Waals surface area contributed by atoms with E-state index in [1.54, 1.807) is 7.11 Å². The van der Waals surface area contributed by atoms with Crippen LogP contribution in [0, 0.1) is 12.8 Å². The van der Waals surface area contributed by atoms with E-state index in [2.05, 4.69) is 16.8 Å². The highest BCUT2D eigenvalue weighted by Crippen LogP contribution is 2.30. The van der Waals surface area contributed by atoms with Gasteiger partial charge in [0.25, 0.3) is 0 Å². The van der Waals surface area contributed by atoms with Crippen molar-refractivity contribution in [2.75, 3.05) is 32.2 Å². The molecular formula is C13H20N2O3S. The van der Waals surface area contributed by atoms with E-state index >= 15 is 0 Å². The number of carbonyl (C=O) groups excluding carboxylic acids is 1. The lowest BCUT2D eigenvalue weighted by Crippen LogP contribution is -2.43. The van der Waals surface area contributed by atoms with Gasteiger partial charge in [-0.15, -0.1) is 11.3 Å². The van der Waals surface area contributed by atoms with E-state index in [0.717, 1.165) is 29.5 Å². The van der Waals surface area contributed by atoms with E-state index in [9.17, 15) is 4.79 Å². The molecule has 2 rings (SSSR count). The second-order valence-corrected chi connectivity index (χ2v) is 6.06. The van der Waals surface area contributed by atoms with Crippen molar-refractivity contribution in [3.8, 4) is 0 Å². The molecule has 1 aliphatic rings. The summed E-state index contributed by atoms with van der Waals surface area (Å²) in [5.41, 5.74) is 0.426. The first-order valence-electron chi connectivity index (χ1n) is 6.40.